The number of hydrogen-bond acceptors (Lipinski definition) is 11. The first kappa shape index (κ1) is 51.1. The Morgan fingerprint density at radius 2 is 1.67 bits per heavy atom. The Morgan fingerprint density at radius 3 is 2.26 bits per heavy atom. The van der Waals surface area contributed by atoms with Crippen molar-refractivity contribution in [1.82, 2.24) is 24.8 Å². The van der Waals surface area contributed by atoms with Crippen LogP contribution in [-0.4, -0.2) is 113 Å². The molecule has 69 heavy (non-hydrogen) atoms. The summed E-state index contributed by atoms with van der Waals surface area (Å²) in [6.45, 7) is 13.2. The quantitative estimate of drug-likeness (QED) is 0.110. The van der Waals surface area contributed by atoms with Crippen LogP contribution in [0.5, 0.6) is 23.1 Å². The summed E-state index contributed by atoms with van der Waals surface area (Å²) in [6, 6.07) is 2.72. The first-order valence-corrected chi connectivity index (χ1v) is 25.1. The van der Waals surface area contributed by atoms with Crippen LogP contribution in [0.1, 0.15) is 107 Å². The van der Waals surface area contributed by atoms with Gasteiger partial charge in [-0.2, -0.15) is 8.78 Å². The van der Waals surface area contributed by atoms with E-state index in [2.05, 4.69) is 10.0 Å². The minimum absolute atomic E-state index is 0.0489. The maximum Gasteiger partial charge on any atom is 0.408 e. The van der Waals surface area contributed by atoms with E-state index >= 15 is 18.4 Å². The molecule has 0 spiro atoms. The Balaban J connectivity index is 1.39. The van der Waals surface area contributed by atoms with E-state index in [1.165, 1.54) is 21.1 Å². The van der Waals surface area contributed by atoms with Gasteiger partial charge in [-0.1, -0.05) is 32.9 Å². The number of fused-ring (bicyclic) bond motifs is 3. The fourth-order valence-corrected chi connectivity index (χ4v) is 11.1. The number of carbonyl (C=O) groups is 4. The van der Waals surface area contributed by atoms with Gasteiger partial charge in [0.05, 0.1) is 25.1 Å². The molecule has 0 radical (unpaired) electrons. The number of benzene rings is 2. The van der Waals surface area contributed by atoms with E-state index in [0.29, 0.717) is 48.1 Å². The van der Waals surface area contributed by atoms with Gasteiger partial charge in [0.15, 0.2) is 11.4 Å². The highest BCUT2D eigenvalue weighted by Gasteiger charge is 2.71. The molecule has 19 heteroatoms. The second-order valence-electron chi connectivity index (χ2n) is 20.1. The number of ether oxygens (including phenoxy) is 4. The molecule has 1 aromatic heterocycles. The lowest BCUT2D eigenvalue weighted by molar-refractivity contribution is -0.219. The maximum absolute atomic E-state index is 18.2. The summed E-state index contributed by atoms with van der Waals surface area (Å²) in [6.07, 6.45) is 3.21. The third kappa shape index (κ3) is 9.51. The van der Waals surface area contributed by atoms with Crippen LogP contribution >= 0.6 is 0 Å². The number of carbonyl (C=O) groups excluding carboxylic acids is 3. The lowest BCUT2D eigenvalue weighted by atomic mass is 9.86. The van der Waals surface area contributed by atoms with Crippen LogP contribution in [-0.2, 0) is 24.4 Å². The largest absolute Gasteiger partial charge is 0.497 e. The van der Waals surface area contributed by atoms with E-state index in [4.69, 9.17) is 23.9 Å². The van der Waals surface area contributed by atoms with Gasteiger partial charge >= 0.3 is 12.1 Å². The lowest BCUT2D eigenvalue weighted by Gasteiger charge is -2.42. The van der Waals surface area contributed by atoms with Gasteiger partial charge in [0, 0.05) is 34.7 Å². The number of pyridine rings is 1. The molecule has 8 atom stereocenters. The minimum Gasteiger partial charge on any atom is -0.497 e. The Kier molecular flexibility index (Phi) is 14.0. The van der Waals surface area contributed by atoms with E-state index in [9.17, 15) is 23.1 Å². The molecule has 3 fully saturated rings. The lowest BCUT2D eigenvalue weighted by Crippen LogP contribution is -2.64. The Hall–Kier alpha value is -5.72. The normalized spacial score (nSPS) is 28.5. The second-order valence-corrected chi connectivity index (χ2v) is 22.3. The Bertz CT molecular complexity index is 2630. The SMILES string of the molecule is CCC(C)N(C(=O)O)[C@@H]1C(=O)N2[C@@H](C[C@@](C)(Oc3nc(-c4ccc(OC(C)C)cc4)c(OC)c4cc(OC)ccc34)C2(F)F)C(=O)N[C@]2(C(=O)NS(=O)(=O)C3(C)CC3)C[C@H]2/C=C\CC[C@@H](C)C[C@H]1C. The van der Waals surface area contributed by atoms with E-state index < -0.39 is 92.2 Å². The van der Waals surface area contributed by atoms with Gasteiger partial charge in [0.1, 0.15) is 34.8 Å². The van der Waals surface area contributed by atoms with E-state index in [0.717, 1.165) is 11.8 Å². The average Bonchev–Trinajstić information content (AvgIpc) is 4.20. The third-order valence-electron chi connectivity index (χ3n) is 14.5. The molecule has 7 rings (SSSR count). The minimum atomic E-state index is -4.37. The summed E-state index contributed by atoms with van der Waals surface area (Å²) in [4.78, 5) is 63.7. The summed E-state index contributed by atoms with van der Waals surface area (Å²) in [5.74, 6) is -4.28. The highest BCUT2D eigenvalue weighted by atomic mass is 32.2. The maximum atomic E-state index is 18.2. The first-order chi connectivity index (χ1) is 32.4. The molecule has 2 aromatic carbocycles. The number of rotatable bonds is 13. The summed E-state index contributed by atoms with van der Waals surface area (Å²) in [5, 5.41) is 14.0. The highest BCUT2D eigenvalue weighted by molar-refractivity contribution is 7.91. The number of hydrogen-bond donors (Lipinski definition) is 3. The molecule has 2 aliphatic carbocycles. The molecule has 16 nitrogen and oxygen atoms in total. The van der Waals surface area contributed by atoms with Crippen LogP contribution in [0, 0.1) is 17.8 Å². The predicted molar refractivity (Wildman–Crippen MR) is 254 cm³/mol. The Morgan fingerprint density at radius 1 is 1.00 bits per heavy atom. The Labute approximate surface area is 402 Å². The van der Waals surface area contributed by atoms with Crippen LogP contribution in [0.4, 0.5) is 13.6 Å². The van der Waals surface area contributed by atoms with Gasteiger partial charge < -0.3 is 29.4 Å². The van der Waals surface area contributed by atoms with Gasteiger partial charge in [-0.05, 0) is 134 Å². The van der Waals surface area contributed by atoms with Crippen molar-refractivity contribution in [3.05, 3.63) is 54.6 Å². The zero-order valence-corrected chi connectivity index (χ0v) is 41.7. The van der Waals surface area contributed by atoms with Gasteiger partial charge in [0.2, 0.25) is 21.8 Å². The number of amides is 4. The van der Waals surface area contributed by atoms with Gasteiger partial charge in [-0.25, -0.2) is 18.2 Å². The third-order valence-corrected chi connectivity index (χ3v) is 16.6. The van der Waals surface area contributed by atoms with Crippen LogP contribution in [0.2, 0.25) is 0 Å². The highest BCUT2D eigenvalue weighted by Crippen LogP contribution is 2.52. The number of carboxylic acid groups (broad SMARTS) is 1. The van der Waals surface area contributed by atoms with Crippen LogP contribution < -0.4 is 29.0 Å². The van der Waals surface area contributed by atoms with Gasteiger partial charge in [0.25, 0.3) is 11.8 Å². The molecule has 376 valence electrons. The molecule has 3 N–H and O–H groups in total. The molecule has 1 unspecified atom stereocenters. The fraction of sp³-hybridized carbons (Fsp3) is 0.580. The van der Waals surface area contributed by atoms with Crippen molar-refractivity contribution in [2.75, 3.05) is 14.2 Å². The summed E-state index contributed by atoms with van der Waals surface area (Å²) in [7, 11) is -1.31. The first-order valence-electron chi connectivity index (χ1n) is 23.7. The predicted octanol–water partition coefficient (Wildman–Crippen LogP) is 8.07. The standard InChI is InChI=1S/C50H65F2N5O11S/c1-11-31(6)56(46(61)62)40-30(5)24-29(4)14-12-13-15-33-26-49(33,45(60)55-69(63,64)47(7)22-23-47)54-42(58)38-27-48(8,50(51,52)57(38)44(40)59)68-43-36-21-20-35(65-9)25-37(36)41(66-10)39(53-43)32-16-18-34(19-17-32)67-28(2)3/h13,15-21,25,28-31,33,38,40H,11-12,14,22-24,26-27H2,1-10H3,(H,54,58)(H,55,60)(H,61,62)/b15-13-/t29-,30-,31?,33-,38+,40+,48-,49-/m1/s1. The van der Waals surface area contributed by atoms with E-state index in [-0.39, 0.29) is 58.9 Å². The van der Waals surface area contributed by atoms with Crippen molar-refractivity contribution < 1.29 is 60.4 Å². The summed E-state index contributed by atoms with van der Waals surface area (Å²) >= 11 is 0. The van der Waals surface area contributed by atoms with E-state index in [1.54, 1.807) is 69.3 Å². The van der Waals surface area contributed by atoms with Crippen LogP contribution in [0.15, 0.2) is 54.6 Å². The second kappa shape index (κ2) is 18.9. The molecule has 1 saturated heterocycles. The number of halogens is 2. The van der Waals surface area contributed by atoms with Crippen LogP contribution in [0.3, 0.4) is 0 Å². The summed E-state index contributed by atoms with van der Waals surface area (Å²) < 4.78 is 88.0. The van der Waals surface area contributed by atoms with Crippen molar-refractivity contribution in [2.45, 2.75) is 153 Å². The number of allylic oxidation sites excluding steroid dienone is 1. The summed E-state index contributed by atoms with van der Waals surface area (Å²) in [5.41, 5.74) is -3.94. The van der Waals surface area contributed by atoms with Crippen LogP contribution in [0.25, 0.3) is 22.0 Å². The zero-order valence-electron chi connectivity index (χ0n) is 40.9. The number of aromatic nitrogens is 1. The van der Waals surface area contributed by atoms with E-state index in [1.807, 2.05) is 26.8 Å². The van der Waals surface area contributed by atoms with Crippen molar-refractivity contribution >= 4 is 44.6 Å². The van der Waals surface area contributed by atoms with Crippen molar-refractivity contribution in [3.63, 3.8) is 0 Å². The average molecular weight is 982 g/mol. The van der Waals surface area contributed by atoms with Gasteiger partial charge in [-0.15, -0.1) is 0 Å². The molecule has 3 heterocycles. The molecule has 2 saturated carbocycles. The zero-order chi connectivity index (χ0) is 50.6. The molecule has 0 bridgehead atoms. The number of sulfonamides is 1. The molecule has 4 aliphatic rings. The fourth-order valence-electron chi connectivity index (χ4n) is 9.81. The number of nitrogens with one attached hydrogen (secondary N) is 2. The van der Waals surface area contributed by atoms with Gasteiger partial charge in [-0.3, -0.25) is 28.9 Å². The smallest absolute Gasteiger partial charge is 0.408 e. The molecular formula is C50H65F2N5O11S. The number of nitrogens with zero attached hydrogens (tertiary/aromatic N) is 3. The van der Waals surface area contributed by atoms with Crippen molar-refractivity contribution in [3.8, 4) is 34.4 Å². The van der Waals surface area contributed by atoms with Crippen molar-refractivity contribution in [2.24, 2.45) is 17.8 Å². The monoisotopic (exact) mass is 981 g/mol. The number of methoxy groups -OCH3 is 2. The molecular weight excluding hydrogens is 917 g/mol. The number of alkyl halides is 2. The van der Waals surface area contributed by atoms with Crippen molar-refractivity contribution in [1.29, 1.82) is 0 Å². The molecule has 2 aliphatic heterocycles. The molecule has 4 amide bonds. The molecule has 3 aromatic rings. The topological polar surface area (TPSA) is 203 Å².